The van der Waals surface area contributed by atoms with E-state index in [1.54, 1.807) is 0 Å². The monoisotopic (exact) mass is 640 g/mol. The minimum atomic E-state index is 0.630. The van der Waals surface area contributed by atoms with Gasteiger partial charge in [0.1, 0.15) is 11.2 Å². The van der Waals surface area contributed by atoms with E-state index in [0.29, 0.717) is 17.5 Å². The number of hydrogen-bond acceptors (Lipinski definition) is 4. The van der Waals surface area contributed by atoms with Crippen LogP contribution in [-0.2, 0) is 0 Å². The fourth-order valence-electron chi connectivity index (χ4n) is 7.04. The molecule has 0 saturated heterocycles. The van der Waals surface area contributed by atoms with Gasteiger partial charge in [-0.2, -0.15) is 0 Å². The van der Waals surface area contributed by atoms with Crippen molar-refractivity contribution >= 4 is 43.7 Å². The summed E-state index contributed by atoms with van der Waals surface area (Å²) in [4.78, 5) is 14.9. The predicted octanol–water partition coefficient (Wildman–Crippen LogP) is 11.5. The molecule has 5 nitrogen and oxygen atoms in total. The molecule has 0 aliphatic heterocycles. The van der Waals surface area contributed by atoms with E-state index in [1.165, 1.54) is 5.39 Å². The van der Waals surface area contributed by atoms with Crippen molar-refractivity contribution in [2.24, 2.45) is 0 Å². The van der Waals surface area contributed by atoms with Crippen LogP contribution in [0, 0.1) is 0 Å². The van der Waals surface area contributed by atoms with Crippen molar-refractivity contribution in [1.29, 1.82) is 0 Å². The van der Waals surface area contributed by atoms with Gasteiger partial charge in [0.05, 0.1) is 11.0 Å². The summed E-state index contributed by atoms with van der Waals surface area (Å²) in [5.74, 6) is 1.92. The van der Waals surface area contributed by atoms with Crippen molar-refractivity contribution in [1.82, 2.24) is 19.5 Å². The molecule has 0 aliphatic rings. The average molecular weight is 641 g/mol. The minimum absolute atomic E-state index is 0.630. The second kappa shape index (κ2) is 11.4. The van der Waals surface area contributed by atoms with Crippen molar-refractivity contribution in [3.8, 4) is 51.0 Å². The van der Waals surface area contributed by atoms with E-state index >= 15 is 0 Å². The highest BCUT2D eigenvalue weighted by Crippen LogP contribution is 2.38. The van der Waals surface area contributed by atoms with E-state index in [1.807, 2.05) is 72.8 Å². The molecule has 234 valence electrons. The van der Waals surface area contributed by atoms with Crippen LogP contribution in [-0.4, -0.2) is 19.5 Å². The molecule has 0 unspecified atom stereocenters. The zero-order chi connectivity index (χ0) is 33.0. The van der Waals surface area contributed by atoms with Gasteiger partial charge in [-0.15, -0.1) is 0 Å². The third-order valence-electron chi connectivity index (χ3n) is 9.45. The SMILES string of the molecule is c1ccc(-c2nc(-c3ccccc3)nc(-c3ccc4c5ccc(-c6ccc7oc8ccccc8c7c6)cc5n(-c5ccccc5)c4c3)n2)cc1. The number of nitrogens with zero attached hydrogens (tertiary/aromatic N) is 4. The summed E-state index contributed by atoms with van der Waals surface area (Å²) >= 11 is 0. The van der Waals surface area contributed by atoms with Gasteiger partial charge in [0.15, 0.2) is 17.5 Å². The summed E-state index contributed by atoms with van der Waals surface area (Å²) in [7, 11) is 0. The molecule has 0 saturated carbocycles. The largest absolute Gasteiger partial charge is 0.456 e. The molecule has 5 heteroatoms. The second-order valence-electron chi connectivity index (χ2n) is 12.5. The fraction of sp³-hybridized carbons (Fsp3) is 0. The Morgan fingerprint density at radius 3 is 1.48 bits per heavy atom. The quantitative estimate of drug-likeness (QED) is 0.188. The van der Waals surface area contributed by atoms with Crippen LogP contribution in [0.2, 0.25) is 0 Å². The molecule has 0 atom stereocenters. The number of benzene rings is 7. The van der Waals surface area contributed by atoms with Crippen LogP contribution in [0.25, 0.3) is 94.7 Å². The summed E-state index contributed by atoms with van der Waals surface area (Å²) in [6.45, 7) is 0. The van der Waals surface area contributed by atoms with Crippen LogP contribution < -0.4 is 0 Å². The Morgan fingerprint density at radius 1 is 0.340 bits per heavy atom. The lowest BCUT2D eigenvalue weighted by Gasteiger charge is -2.11. The third-order valence-corrected chi connectivity index (χ3v) is 9.45. The standard InChI is InChI=1S/C45H28N4O/c1-4-12-29(13-5-1)43-46-44(30-14-6-2-7-15-30)48-45(47-43)33-21-24-36-35-23-20-32(27-39(35)49(40(36)28-33)34-16-8-3-9-17-34)31-22-25-42-38(26-31)37-18-10-11-19-41(37)50-42/h1-28H. The maximum absolute atomic E-state index is 6.12. The van der Waals surface area contributed by atoms with Crippen LogP contribution in [0.3, 0.4) is 0 Å². The van der Waals surface area contributed by atoms with Gasteiger partial charge in [0, 0.05) is 43.9 Å². The molecule has 0 radical (unpaired) electrons. The number of aromatic nitrogens is 4. The van der Waals surface area contributed by atoms with E-state index in [2.05, 4.69) is 102 Å². The first-order chi connectivity index (χ1) is 24.8. The molecular formula is C45H28N4O. The van der Waals surface area contributed by atoms with Gasteiger partial charge >= 0.3 is 0 Å². The van der Waals surface area contributed by atoms with E-state index in [9.17, 15) is 0 Å². The fourth-order valence-corrected chi connectivity index (χ4v) is 7.04. The summed E-state index contributed by atoms with van der Waals surface area (Å²) in [5.41, 5.74) is 10.2. The lowest BCUT2D eigenvalue weighted by molar-refractivity contribution is 0.669. The molecule has 0 aliphatic carbocycles. The Balaban J connectivity index is 1.18. The summed E-state index contributed by atoms with van der Waals surface area (Å²) in [5, 5.41) is 4.59. The molecule has 0 bridgehead atoms. The van der Waals surface area contributed by atoms with Crippen LogP contribution in [0.1, 0.15) is 0 Å². The maximum Gasteiger partial charge on any atom is 0.164 e. The number of hydrogen-bond donors (Lipinski definition) is 0. The van der Waals surface area contributed by atoms with Crippen LogP contribution in [0.15, 0.2) is 174 Å². The Morgan fingerprint density at radius 2 is 0.820 bits per heavy atom. The highest BCUT2D eigenvalue weighted by atomic mass is 16.3. The first-order valence-corrected chi connectivity index (χ1v) is 16.7. The van der Waals surface area contributed by atoms with Crippen molar-refractivity contribution in [2.45, 2.75) is 0 Å². The van der Waals surface area contributed by atoms with E-state index in [4.69, 9.17) is 19.4 Å². The number of furan rings is 1. The zero-order valence-electron chi connectivity index (χ0n) is 26.9. The first-order valence-electron chi connectivity index (χ1n) is 16.7. The van der Waals surface area contributed by atoms with Crippen LogP contribution in [0.5, 0.6) is 0 Å². The predicted molar refractivity (Wildman–Crippen MR) is 203 cm³/mol. The van der Waals surface area contributed by atoms with Crippen LogP contribution in [0.4, 0.5) is 0 Å². The van der Waals surface area contributed by atoms with Gasteiger partial charge in [0.25, 0.3) is 0 Å². The molecule has 3 aromatic heterocycles. The summed E-state index contributed by atoms with van der Waals surface area (Å²) in [6, 6.07) is 58.7. The molecule has 10 rings (SSSR count). The molecule has 10 aromatic rings. The van der Waals surface area contributed by atoms with Gasteiger partial charge in [-0.3, -0.25) is 0 Å². The highest BCUT2D eigenvalue weighted by Gasteiger charge is 2.18. The average Bonchev–Trinajstić information content (AvgIpc) is 3.73. The maximum atomic E-state index is 6.12. The molecule has 50 heavy (non-hydrogen) atoms. The van der Waals surface area contributed by atoms with Crippen LogP contribution >= 0.6 is 0 Å². The minimum Gasteiger partial charge on any atom is -0.456 e. The smallest absolute Gasteiger partial charge is 0.164 e. The Kier molecular flexibility index (Phi) is 6.42. The molecule has 7 aromatic carbocycles. The van der Waals surface area contributed by atoms with Gasteiger partial charge < -0.3 is 8.98 Å². The molecule has 3 heterocycles. The van der Waals surface area contributed by atoms with Gasteiger partial charge in [-0.05, 0) is 53.6 Å². The Labute approximate surface area is 287 Å². The normalized spacial score (nSPS) is 11.6. The van der Waals surface area contributed by atoms with Crippen molar-refractivity contribution in [3.05, 3.63) is 170 Å². The molecular weight excluding hydrogens is 613 g/mol. The van der Waals surface area contributed by atoms with E-state index in [-0.39, 0.29) is 0 Å². The molecule has 0 fully saturated rings. The number of rotatable bonds is 5. The summed E-state index contributed by atoms with van der Waals surface area (Å²) in [6.07, 6.45) is 0. The lowest BCUT2D eigenvalue weighted by Crippen LogP contribution is -2.00. The second-order valence-corrected chi connectivity index (χ2v) is 12.5. The lowest BCUT2D eigenvalue weighted by atomic mass is 10.0. The Hall–Kier alpha value is -6.85. The van der Waals surface area contributed by atoms with Crippen molar-refractivity contribution < 1.29 is 4.42 Å². The number of para-hydroxylation sites is 2. The van der Waals surface area contributed by atoms with Gasteiger partial charge in [-0.1, -0.05) is 127 Å². The molecule has 0 amide bonds. The van der Waals surface area contributed by atoms with E-state index in [0.717, 1.165) is 71.9 Å². The first kappa shape index (κ1) is 28.2. The zero-order valence-corrected chi connectivity index (χ0v) is 26.9. The molecule has 0 N–H and O–H groups in total. The topological polar surface area (TPSA) is 56.7 Å². The summed E-state index contributed by atoms with van der Waals surface area (Å²) < 4.78 is 8.47. The van der Waals surface area contributed by atoms with Gasteiger partial charge in [-0.25, -0.2) is 15.0 Å². The van der Waals surface area contributed by atoms with Crippen molar-refractivity contribution in [2.75, 3.05) is 0 Å². The van der Waals surface area contributed by atoms with Crippen molar-refractivity contribution in [3.63, 3.8) is 0 Å². The van der Waals surface area contributed by atoms with E-state index < -0.39 is 0 Å². The highest BCUT2D eigenvalue weighted by molar-refractivity contribution is 6.11. The molecule has 0 spiro atoms. The van der Waals surface area contributed by atoms with Gasteiger partial charge in [0.2, 0.25) is 0 Å². The third kappa shape index (κ3) is 4.67. The Bertz CT molecular complexity index is 2800. The number of fused-ring (bicyclic) bond motifs is 6.